The van der Waals surface area contributed by atoms with Crippen molar-refractivity contribution in [1.82, 2.24) is 0 Å². The first-order valence-corrected chi connectivity index (χ1v) is 7.92. The van der Waals surface area contributed by atoms with E-state index in [9.17, 15) is 14.9 Å². The fourth-order valence-corrected chi connectivity index (χ4v) is 2.58. The van der Waals surface area contributed by atoms with Gasteiger partial charge in [-0.15, -0.1) is 0 Å². The first-order chi connectivity index (χ1) is 12.1. The summed E-state index contributed by atoms with van der Waals surface area (Å²) >= 11 is 5.95. The van der Waals surface area contributed by atoms with Crippen molar-refractivity contribution < 1.29 is 23.9 Å². The van der Waals surface area contributed by atoms with Gasteiger partial charge in [-0.3, -0.25) is 10.1 Å². The molecule has 2 aromatic carbocycles. The Hall–Kier alpha value is -2.48. The van der Waals surface area contributed by atoms with Crippen molar-refractivity contribution in [1.29, 1.82) is 0 Å². The molecule has 7 nitrogen and oxygen atoms in total. The van der Waals surface area contributed by atoms with Crippen LogP contribution in [0.5, 0.6) is 5.75 Å². The highest BCUT2D eigenvalue weighted by Crippen LogP contribution is 2.33. The van der Waals surface area contributed by atoms with Gasteiger partial charge < -0.3 is 14.2 Å². The summed E-state index contributed by atoms with van der Waals surface area (Å²) in [6.07, 6.45) is 0.104. The molecule has 0 saturated carbocycles. The lowest BCUT2D eigenvalue weighted by Gasteiger charge is -2.23. The van der Waals surface area contributed by atoms with Gasteiger partial charge >= 0.3 is 11.7 Å². The van der Waals surface area contributed by atoms with E-state index in [4.69, 9.17) is 25.8 Å². The van der Waals surface area contributed by atoms with Crippen LogP contribution >= 0.6 is 11.6 Å². The van der Waals surface area contributed by atoms with Gasteiger partial charge in [-0.1, -0.05) is 23.7 Å². The van der Waals surface area contributed by atoms with Gasteiger partial charge in [0.25, 0.3) is 0 Å². The molecular formula is C17H14ClNO6. The molecule has 1 fully saturated rings. The van der Waals surface area contributed by atoms with Crippen LogP contribution in [0.15, 0.2) is 42.5 Å². The van der Waals surface area contributed by atoms with Crippen LogP contribution in [0, 0.1) is 10.1 Å². The van der Waals surface area contributed by atoms with Crippen LogP contribution in [0.2, 0.25) is 5.02 Å². The smallest absolute Gasteiger partial charge is 0.345 e. The van der Waals surface area contributed by atoms with Gasteiger partial charge in [0.15, 0.2) is 6.29 Å². The summed E-state index contributed by atoms with van der Waals surface area (Å²) in [6, 6.07) is 10.5. The molecule has 25 heavy (non-hydrogen) atoms. The molecule has 0 spiro atoms. The van der Waals surface area contributed by atoms with E-state index in [0.717, 1.165) is 6.42 Å². The maximum atomic E-state index is 12.2. The minimum absolute atomic E-state index is 0.126. The predicted molar refractivity (Wildman–Crippen MR) is 88.8 cm³/mol. The number of rotatable bonds is 4. The number of carbonyl (C=O) groups excluding carboxylic acids is 1. The molecule has 0 atom stereocenters. The third-order valence-corrected chi connectivity index (χ3v) is 3.90. The number of benzene rings is 2. The van der Waals surface area contributed by atoms with E-state index < -0.39 is 17.2 Å². The van der Waals surface area contributed by atoms with Gasteiger partial charge in [0, 0.05) is 11.6 Å². The highest BCUT2D eigenvalue weighted by Gasteiger charge is 2.24. The van der Waals surface area contributed by atoms with Gasteiger partial charge in [0.1, 0.15) is 0 Å². The monoisotopic (exact) mass is 363 g/mol. The van der Waals surface area contributed by atoms with Crippen molar-refractivity contribution in [3.8, 4) is 5.75 Å². The van der Waals surface area contributed by atoms with Crippen molar-refractivity contribution in [3.63, 3.8) is 0 Å². The van der Waals surface area contributed by atoms with Crippen LogP contribution in [0.1, 0.15) is 28.6 Å². The van der Waals surface area contributed by atoms with Gasteiger partial charge in [-0.2, -0.15) is 0 Å². The topological polar surface area (TPSA) is 87.9 Å². The summed E-state index contributed by atoms with van der Waals surface area (Å²) in [5.74, 6) is -0.943. The fraction of sp³-hybridized carbons (Fsp3) is 0.235. The second-order valence-electron chi connectivity index (χ2n) is 5.28. The Kier molecular flexibility index (Phi) is 5.28. The van der Waals surface area contributed by atoms with Crippen molar-refractivity contribution in [2.75, 3.05) is 13.2 Å². The summed E-state index contributed by atoms with van der Waals surface area (Å²) in [5.41, 5.74) is 0.265. The molecule has 8 heteroatoms. The average Bonchev–Trinajstić information content (AvgIpc) is 2.63. The van der Waals surface area contributed by atoms with E-state index >= 15 is 0 Å². The Morgan fingerprint density at radius 1 is 1.20 bits per heavy atom. The van der Waals surface area contributed by atoms with E-state index in [1.165, 1.54) is 24.3 Å². The Labute approximate surface area is 148 Å². The maximum absolute atomic E-state index is 12.2. The number of hydrogen-bond donors (Lipinski definition) is 0. The number of carbonyl (C=O) groups is 1. The van der Waals surface area contributed by atoms with E-state index in [2.05, 4.69) is 0 Å². The van der Waals surface area contributed by atoms with Gasteiger partial charge in [0.2, 0.25) is 5.75 Å². The molecule has 3 rings (SSSR count). The van der Waals surface area contributed by atoms with E-state index in [1.54, 1.807) is 18.2 Å². The number of halogens is 1. The standard InChI is InChI=1S/C17H14ClNO6/c18-13-5-2-1-4-12(13)16(20)25-15-7-6-11(10-14(15)19(21)22)17-23-8-3-9-24-17/h1-2,4-7,10,17H,3,8-9H2. The molecule has 1 heterocycles. The highest BCUT2D eigenvalue weighted by molar-refractivity contribution is 6.33. The van der Waals surface area contributed by atoms with Gasteiger partial charge in [-0.25, -0.2) is 4.79 Å². The average molecular weight is 364 g/mol. The quantitative estimate of drug-likeness (QED) is 0.354. The van der Waals surface area contributed by atoms with Crippen LogP contribution in [-0.2, 0) is 9.47 Å². The molecule has 0 N–H and O–H groups in total. The summed E-state index contributed by atoms with van der Waals surface area (Å²) in [4.78, 5) is 22.9. The maximum Gasteiger partial charge on any atom is 0.345 e. The largest absolute Gasteiger partial charge is 0.416 e. The number of nitro groups is 1. The van der Waals surface area contributed by atoms with Crippen LogP contribution in [0.3, 0.4) is 0 Å². The second kappa shape index (κ2) is 7.60. The molecule has 0 unspecified atom stereocenters. The van der Waals surface area contributed by atoms with Gasteiger partial charge in [-0.05, 0) is 30.7 Å². The molecular weight excluding hydrogens is 350 g/mol. The van der Waals surface area contributed by atoms with Crippen molar-refractivity contribution in [2.45, 2.75) is 12.7 Å². The minimum Gasteiger partial charge on any atom is -0.416 e. The molecule has 0 aliphatic carbocycles. The first-order valence-electron chi connectivity index (χ1n) is 7.54. The molecule has 130 valence electrons. The fourth-order valence-electron chi connectivity index (χ4n) is 2.37. The molecule has 2 aromatic rings. The number of nitro benzene ring substituents is 1. The zero-order valence-electron chi connectivity index (χ0n) is 13.0. The number of nitrogens with zero attached hydrogens (tertiary/aromatic N) is 1. The SMILES string of the molecule is O=C(Oc1ccc(C2OCCCO2)cc1[N+](=O)[O-])c1ccccc1Cl. The molecule has 0 amide bonds. The zero-order valence-corrected chi connectivity index (χ0v) is 13.8. The minimum atomic E-state index is -0.772. The van der Waals surface area contributed by atoms with Crippen molar-refractivity contribution >= 4 is 23.3 Å². The highest BCUT2D eigenvalue weighted by atomic mass is 35.5. The third kappa shape index (κ3) is 3.96. The van der Waals surface area contributed by atoms with Crippen LogP contribution < -0.4 is 4.74 Å². The Balaban J connectivity index is 1.87. The van der Waals surface area contributed by atoms with Crippen LogP contribution in [0.4, 0.5) is 5.69 Å². The molecule has 0 radical (unpaired) electrons. The lowest BCUT2D eigenvalue weighted by Crippen LogP contribution is -2.18. The third-order valence-electron chi connectivity index (χ3n) is 3.58. The van der Waals surface area contributed by atoms with E-state index in [0.29, 0.717) is 18.8 Å². The normalized spacial score (nSPS) is 14.9. The second-order valence-corrected chi connectivity index (χ2v) is 5.69. The lowest BCUT2D eigenvalue weighted by atomic mass is 10.1. The molecule has 0 bridgehead atoms. The predicted octanol–water partition coefficient (Wildman–Crippen LogP) is 3.90. The number of hydrogen-bond acceptors (Lipinski definition) is 6. The summed E-state index contributed by atoms with van der Waals surface area (Å²) in [7, 11) is 0. The van der Waals surface area contributed by atoms with Crippen LogP contribution in [-0.4, -0.2) is 24.1 Å². The zero-order chi connectivity index (χ0) is 17.8. The molecule has 1 aliphatic rings. The van der Waals surface area contributed by atoms with E-state index in [1.807, 2.05) is 0 Å². The first kappa shape index (κ1) is 17.3. The van der Waals surface area contributed by atoms with Crippen molar-refractivity contribution in [2.24, 2.45) is 0 Å². The molecule has 1 saturated heterocycles. The summed E-state index contributed by atoms with van der Waals surface area (Å²) in [5, 5.41) is 11.6. The van der Waals surface area contributed by atoms with Crippen molar-refractivity contribution in [3.05, 3.63) is 68.7 Å². The van der Waals surface area contributed by atoms with Crippen LogP contribution in [0.25, 0.3) is 0 Å². The number of ether oxygens (including phenoxy) is 3. The summed E-state index contributed by atoms with van der Waals surface area (Å²) < 4.78 is 16.0. The Bertz CT molecular complexity index is 803. The Morgan fingerprint density at radius 2 is 1.92 bits per heavy atom. The Morgan fingerprint density at radius 3 is 2.60 bits per heavy atom. The summed E-state index contributed by atoms with van der Waals surface area (Å²) in [6.45, 7) is 1.03. The number of esters is 1. The molecule has 0 aromatic heterocycles. The lowest BCUT2D eigenvalue weighted by molar-refractivity contribution is -0.385. The van der Waals surface area contributed by atoms with E-state index in [-0.39, 0.29) is 22.0 Å². The molecule has 1 aliphatic heterocycles. The van der Waals surface area contributed by atoms with Gasteiger partial charge in [0.05, 0.1) is 28.7 Å².